The molecule has 30 heavy (non-hydrogen) atoms. The Morgan fingerprint density at radius 1 is 0.600 bits per heavy atom. The average Bonchev–Trinajstić information content (AvgIpc) is 2.81. The lowest BCUT2D eigenvalue weighted by Crippen LogP contribution is -2.20. The van der Waals surface area contributed by atoms with Crippen LogP contribution in [0.4, 0.5) is 0 Å². The molecule has 0 atom stereocenters. The van der Waals surface area contributed by atoms with Gasteiger partial charge in [0.2, 0.25) is 0 Å². The molecule has 0 N–H and O–H groups in total. The molecule has 3 heteroatoms. The van der Waals surface area contributed by atoms with Gasteiger partial charge in [-0.05, 0) is 42.9 Å². The van der Waals surface area contributed by atoms with Crippen molar-refractivity contribution in [1.29, 1.82) is 0 Å². The molecule has 4 aromatic rings. The Kier molecular flexibility index (Phi) is 8.38. The van der Waals surface area contributed by atoms with Crippen LogP contribution in [0.1, 0.15) is 6.92 Å². The van der Waals surface area contributed by atoms with Crippen molar-refractivity contribution in [2.24, 2.45) is 0 Å². The first kappa shape index (κ1) is 21.5. The monoisotopic (exact) mass is 412 g/mol. The van der Waals surface area contributed by atoms with Crippen LogP contribution >= 0.6 is 7.92 Å². The fourth-order valence-corrected chi connectivity index (χ4v) is 5.19. The fraction of sp³-hybridized carbons (Fsp3) is 0.0741. The predicted molar refractivity (Wildman–Crippen MR) is 128 cm³/mol. The predicted octanol–water partition coefficient (Wildman–Crippen LogP) is 5.10. The van der Waals surface area contributed by atoms with Gasteiger partial charge in [0.05, 0.1) is 0 Å². The van der Waals surface area contributed by atoms with E-state index in [1.165, 1.54) is 22.8 Å². The SMILES string of the molecule is CC(=O)COc1ccccc1.c1ccc(P(c2ccccc2)c2ccccc2)cc1. The Bertz CT molecular complexity index is 910. The number of carbonyl (C=O) groups is 1. The van der Waals surface area contributed by atoms with E-state index in [2.05, 4.69) is 91.0 Å². The van der Waals surface area contributed by atoms with Gasteiger partial charge in [-0.25, -0.2) is 0 Å². The minimum absolute atomic E-state index is 0.0360. The maximum Gasteiger partial charge on any atom is 0.167 e. The Morgan fingerprint density at radius 2 is 0.933 bits per heavy atom. The molecule has 4 rings (SSSR count). The van der Waals surface area contributed by atoms with Gasteiger partial charge < -0.3 is 4.74 Å². The van der Waals surface area contributed by atoms with Gasteiger partial charge in [0, 0.05) is 0 Å². The summed E-state index contributed by atoms with van der Waals surface area (Å²) in [4.78, 5) is 10.5. The Balaban J connectivity index is 0.000000199. The number of para-hydroxylation sites is 1. The number of carbonyl (C=O) groups excluding carboxylic acids is 1. The molecule has 2 nitrogen and oxygen atoms in total. The molecule has 0 amide bonds. The Labute approximate surface area is 179 Å². The lowest BCUT2D eigenvalue weighted by Gasteiger charge is -2.18. The van der Waals surface area contributed by atoms with E-state index in [0.717, 1.165) is 5.75 Å². The summed E-state index contributed by atoms with van der Waals surface area (Å²) in [5.74, 6) is 0.775. The molecular formula is C27H25O2P. The highest BCUT2D eigenvalue weighted by Gasteiger charge is 2.14. The van der Waals surface area contributed by atoms with Gasteiger partial charge >= 0.3 is 0 Å². The van der Waals surface area contributed by atoms with Crippen LogP contribution in [0.25, 0.3) is 0 Å². The van der Waals surface area contributed by atoms with Gasteiger partial charge in [-0.1, -0.05) is 109 Å². The largest absolute Gasteiger partial charge is 0.486 e. The summed E-state index contributed by atoms with van der Waals surface area (Å²) < 4.78 is 5.12. The molecule has 0 aliphatic heterocycles. The molecule has 0 fully saturated rings. The maximum absolute atomic E-state index is 10.5. The van der Waals surface area contributed by atoms with Crippen molar-refractivity contribution in [3.05, 3.63) is 121 Å². The standard InChI is InChI=1S/C18H15P.C9H10O2/c1-4-10-16(11-5-1)19(17-12-6-2-7-13-17)18-14-8-3-9-15-18;1-8(10)7-11-9-5-3-2-4-6-9/h1-15H;2-6H,7H2,1H3. The molecule has 0 saturated heterocycles. The second-order valence-corrected chi connectivity index (χ2v) is 8.87. The molecule has 0 aromatic heterocycles. The minimum Gasteiger partial charge on any atom is -0.486 e. The van der Waals surface area contributed by atoms with E-state index in [4.69, 9.17) is 4.74 Å². The molecule has 150 valence electrons. The molecule has 0 unspecified atom stereocenters. The summed E-state index contributed by atoms with van der Waals surface area (Å²) in [6.45, 7) is 1.66. The van der Waals surface area contributed by atoms with E-state index in [1.807, 2.05) is 30.3 Å². The fourth-order valence-electron chi connectivity index (χ4n) is 2.88. The van der Waals surface area contributed by atoms with Gasteiger partial charge in [0.25, 0.3) is 0 Å². The van der Waals surface area contributed by atoms with Crippen LogP contribution < -0.4 is 20.7 Å². The highest BCUT2D eigenvalue weighted by molar-refractivity contribution is 7.79. The van der Waals surface area contributed by atoms with Crippen molar-refractivity contribution in [3.63, 3.8) is 0 Å². The number of benzene rings is 4. The van der Waals surface area contributed by atoms with Crippen LogP contribution in [-0.4, -0.2) is 12.4 Å². The maximum atomic E-state index is 10.5. The molecule has 0 aliphatic rings. The lowest BCUT2D eigenvalue weighted by atomic mass is 10.3. The smallest absolute Gasteiger partial charge is 0.167 e. The number of ether oxygens (including phenoxy) is 1. The zero-order valence-corrected chi connectivity index (χ0v) is 17.9. The average molecular weight is 412 g/mol. The van der Waals surface area contributed by atoms with Crippen molar-refractivity contribution >= 4 is 29.6 Å². The molecule has 4 aromatic carbocycles. The van der Waals surface area contributed by atoms with E-state index in [0.29, 0.717) is 0 Å². The van der Waals surface area contributed by atoms with Gasteiger partial charge in [0.15, 0.2) is 5.78 Å². The van der Waals surface area contributed by atoms with Gasteiger partial charge in [0.1, 0.15) is 12.4 Å². The van der Waals surface area contributed by atoms with Crippen LogP contribution in [-0.2, 0) is 4.79 Å². The van der Waals surface area contributed by atoms with Crippen LogP contribution in [0.15, 0.2) is 121 Å². The molecule has 0 bridgehead atoms. The van der Waals surface area contributed by atoms with Gasteiger partial charge in [-0.3, -0.25) is 4.79 Å². The van der Waals surface area contributed by atoms with Crippen LogP contribution in [0.5, 0.6) is 5.75 Å². The third-order valence-electron chi connectivity index (χ3n) is 4.23. The second-order valence-electron chi connectivity index (χ2n) is 6.65. The summed E-state index contributed by atoms with van der Waals surface area (Å²) in [5, 5.41) is 4.19. The summed E-state index contributed by atoms with van der Waals surface area (Å²) >= 11 is 0. The van der Waals surface area contributed by atoms with Crippen molar-refractivity contribution in [1.82, 2.24) is 0 Å². The second kappa shape index (κ2) is 11.7. The molecule has 0 heterocycles. The number of hydrogen-bond donors (Lipinski definition) is 0. The number of rotatable bonds is 6. The van der Waals surface area contributed by atoms with Crippen LogP contribution in [0, 0.1) is 0 Å². The van der Waals surface area contributed by atoms with E-state index >= 15 is 0 Å². The van der Waals surface area contributed by atoms with Crippen molar-refractivity contribution in [3.8, 4) is 5.75 Å². The molecule has 0 aliphatic carbocycles. The Hall–Kier alpha value is -3.22. The highest BCUT2D eigenvalue weighted by atomic mass is 31.1. The quantitative estimate of drug-likeness (QED) is 0.412. The summed E-state index contributed by atoms with van der Waals surface area (Å²) in [6, 6.07) is 41.6. The topological polar surface area (TPSA) is 26.3 Å². The van der Waals surface area contributed by atoms with E-state index < -0.39 is 7.92 Å². The zero-order chi connectivity index (χ0) is 21.0. The zero-order valence-electron chi connectivity index (χ0n) is 17.0. The first-order chi connectivity index (χ1) is 14.7. The first-order valence-electron chi connectivity index (χ1n) is 9.86. The lowest BCUT2D eigenvalue weighted by molar-refractivity contribution is -0.118. The normalized spacial score (nSPS) is 10.1. The first-order valence-corrected chi connectivity index (χ1v) is 11.2. The highest BCUT2D eigenvalue weighted by Crippen LogP contribution is 2.32. The van der Waals surface area contributed by atoms with Crippen LogP contribution in [0.2, 0.25) is 0 Å². The summed E-state index contributed by atoms with van der Waals surface area (Å²) in [6.07, 6.45) is 0. The Morgan fingerprint density at radius 3 is 1.27 bits per heavy atom. The number of hydrogen-bond acceptors (Lipinski definition) is 2. The summed E-state index contributed by atoms with van der Waals surface area (Å²) in [7, 11) is -0.446. The van der Waals surface area contributed by atoms with Crippen molar-refractivity contribution in [2.75, 3.05) is 6.61 Å². The van der Waals surface area contributed by atoms with Gasteiger partial charge in [-0.2, -0.15) is 0 Å². The molecular weight excluding hydrogens is 387 g/mol. The number of Topliss-reactive ketones (excluding diaryl/α,β-unsaturated/α-hetero) is 1. The van der Waals surface area contributed by atoms with Crippen molar-refractivity contribution < 1.29 is 9.53 Å². The molecule has 0 radical (unpaired) electrons. The van der Waals surface area contributed by atoms with Crippen LogP contribution in [0.3, 0.4) is 0 Å². The van der Waals surface area contributed by atoms with E-state index in [9.17, 15) is 4.79 Å². The molecule has 0 saturated carbocycles. The summed E-state index contributed by atoms with van der Waals surface area (Å²) in [5.41, 5.74) is 0. The molecule has 0 spiro atoms. The number of ketones is 1. The van der Waals surface area contributed by atoms with E-state index in [1.54, 1.807) is 0 Å². The minimum atomic E-state index is -0.446. The van der Waals surface area contributed by atoms with Gasteiger partial charge in [-0.15, -0.1) is 0 Å². The van der Waals surface area contributed by atoms with Crippen molar-refractivity contribution in [2.45, 2.75) is 6.92 Å². The third-order valence-corrected chi connectivity index (χ3v) is 6.67. The third kappa shape index (κ3) is 6.69. The van der Waals surface area contributed by atoms with E-state index in [-0.39, 0.29) is 12.4 Å².